The fourth-order valence-corrected chi connectivity index (χ4v) is 4.90. The van der Waals surface area contributed by atoms with Crippen LogP contribution in [0, 0.1) is 6.92 Å². The number of imidazole rings is 1. The van der Waals surface area contributed by atoms with Gasteiger partial charge in [0, 0.05) is 29.9 Å². The monoisotopic (exact) mass is 398 g/mol. The van der Waals surface area contributed by atoms with Gasteiger partial charge in [-0.05, 0) is 75.5 Å². The van der Waals surface area contributed by atoms with Gasteiger partial charge < -0.3 is 4.57 Å². The van der Waals surface area contributed by atoms with Gasteiger partial charge in [0.2, 0.25) is 0 Å². The van der Waals surface area contributed by atoms with Crippen molar-refractivity contribution in [2.45, 2.75) is 52.1 Å². The van der Waals surface area contributed by atoms with Gasteiger partial charge in [0.15, 0.2) is 5.65 Å². The molecule has 2 aromatic carbocycles. The molecule has 0 radical (unpaired) electrons. The quantitative estimate of drug-likeness (QED) is 0.415. The van der Waals surface area contributed by atoms with Gasteiger partial charge in [0.25, 0.3) is 0 Å². The molecule has 0 amide bonds. The predicted octanol–water partition coefficient (Wildman–Crippen LogP) is 6.00. The third-order valence-corrected chi connectivity index (χ3v) is 6.53. The molecule has 0 aliphatic carbocycles. The van der Waals surface area contributed by atoms with E-state index in [1.807, 2.05) is 6.20 Å². The first kappa shape index (κ1) is 19.3. The van der Waals surface area contributed by atoms with E-state index in [0.29, 0.717) is 6.04 Å². The SMILES string of the molecule is Cc1nc2c(-c3ccc4ccccc4c3)ccnc2n1[C@@H]1CCCN(C(C)(C)C)C1. The van der Waals surface area contributed by atoms with Crippen molar-refractivity contribution in [3.05, 3.63) is 60.6 Å². The molecule has 0 bridgehead atoms. The number of pyridine rings is 1. The molecule has 1 aliphatic rings. The molecule has 4 aromatic rings. The summed E-state index contributed by atoms with van der Waals surface area (Å²) in [6, 6.07) is 17.7. The molecule has 30 heavy (non-hydrogen) atoms. The maximum atomic E-state index is 5.01. The van der Waals surface area contributed by atoms with Crippen molar-refractivity contribution >= 4 is 21.9 Å². The lowest BCUT2D eigenvalue weighted by Crippen LogP contribution is -2.47. The van der Waals surface area contributed by atoms with Gasteiger partial charge in [-0.3, -0.25) is 4.90 Å². The fourth-order valence-electron chi connectivity index (χ4n) is 4.90. The minimum Gasteiger partial charge on any atom is -0.309 e. The number of fused-ring (bicyclic) bond motifs is 2. The summed E-state index contributed by atoms with van der Waals surface area (Å²) < 4.78 is 2.39. The zero-order valence-electron chi connectivity index (χ0n) is 18.4. The molecule has 4 nitrogen and oxygen atoms in total. The van der Waals surface area contributed by atoms with E-state index in [2.05, 4.69) is 85.7 Å². The van der Waals surface area contributed by atoms with E-state index in [9.17, 15) is 0 Å². The Morgan fingerprint density at radius 2 is 1.80 bits per heavy atom. The van der Waals surface area contributed by atoms with Crippen molar-refractivity contribution in [2.75, 3.05) is 13.1 Å². The van der Waals surface area contributed by atoms with E-state index in [-0.39, 0.29) is 5.54 Å². The number of hydrogen-bond acceptors (Lipinski definition) is 3. The third kappa shape index (κ3) is 3.29. The maximum Gasteiger partial charge on any atom is 0.160 e. The Labute approximate surface area is 178 Å². The van der Waals surface area contributed by atoms with Gasteiger partial charge in [0.1, 0.15) is 11.3 Å². The predicted molar refractivity (Wildman–Crippen MR) is 125 cm³/mol. The van der Waals surface area contributed by atoms with Gasteiger partial charge in [-0.25, -0.2) is 9.97 Å². The zero-order valence-corrected chi connectivity index (χ0v) is 18.4. The Bertz CT molecular complexity index is 1210. The molecule has 1 aliphatic heterocycles. The highest BCUT2D eigenvalue weighted by Crippen LogP contribution is 2.34. The number of hydrogen-bond donors (Lipinski definition) is 0. The highest BCUT2D eigenvalue weighted by molar-refractivity contribution is 5.94. The molecule has 0 spiro atoms. The van der Waals surface area contributed by atoms with Crippen LogP contribution in [0.4, 0.5) is 0 Å². The first-order valence-corrected chi connectivity index (χ1v) is 11.0. The second-order valence-corrected chi connectivity index (χ2v) is 9.53. The van der Waals surface area contributed by atoms with E-state index in [1.165, 1.54) is 35.7 Å². The maximum absolute atomic E-state index is 5.01. The van der Waals surface area contributed by atoms with Crippen molar-refractivity contribution in [1.29, 1.82) is 0 Å². The molecule has 5 rings (SSSR count). The molecular weight excluding hydrogens is 368 g/mol. The minimum absolute atomic E-state index is 0.187. The Morgan fingerprint density at radius 3 is 2.60 bits per heavy atom. The van der Waals surface area contributed by atoms with Crippen molar-refractivity contribution < 1.29 is 0 Å². The van der Waals surface area contributed by atoms with E-state index < -0.39 is 0 Å². The van der Waals surface area contributed by atoms with Gasteiger partial charge in [0.05, 0.1) is 0 Å². The van der Waals surface area contributed by atoms with Crippen LogP contribution in [0.15, 0.2) is 54.7 Å². The normalized spacial score (nSPS) is 18.3. The van der Waals surface area contributed by atoms with Gasteiger partial charge in [-0.2, -0.15) is 0 Å². The van der Waals surface area contributed by atoms with Crippen LogP contribution in [0.5, 0.6) is 0 Å². The Kier molecular flexibility index (Phi) is 4.62. The number of rotatable bonds is 2. The molecule has 0 saturated carbocycles. The third-order valence-electron chi connectivity index (χ3n) is 6.53. The smallest absolute Gasteiger partial charge is 0.160 e. The summed E-state index contributed by atoms with van der Waals surface area (Å²) in [4.78, 5) is 12.4. The van der Waals surface area contributed by atoms with E-state index in [4.69, 9.17) is 9.97 Å². The van der Waals surface area contributed by atoms with Crippen molar-refractivity contribution in [2.24, 2.45) is 0 Å². The minimum atomic E-state index is 0.187. The van der Waals surface area contributed by atoms with Crippen LogP contribution in [-0.4, -0.2) is 38.1 Å². The molecule has 0 unspecified atom stereocenters. The second-order valence-electron chi connectivity index (χ2n) is 9.53. The van der Waals surface area contributed by atoms with Crippen LogP contribution in [0.25, 0.3) is 33.1 Å². The lowest BCUT2D eigenvalue weighted by molar-refractivity contribution is 0.0824. The number of piperidine rings is 1. The number of nitrogens with zero attached hydrogens (tertiary/aromatic N) is 4. The highest BCUT2D eigenvalue weighted by Gasteiger charge is 2.30. The van der Waals surface area contributed by atoms with Crippen molar-refractivity contribution in [1.82, 2.24) is 19.4 Å². The summed E-state index contributed by atoms with van der Waals surface area (Å²) in [5, 5.41) is 2.52. The standard InChI is InChI=1S/C26H30N4/c1-18-28-24-23(21-12-11-19-8-5-6-9-20(19)16-21)13-14-27-25(24)30(18)22-10-7-15-29(17-22)26(2,3)4/h5-6,8-9,11-14,16,22H,7,10,15,17H2,1-4H3/t22-/m1/s1. The number of aryl methyl sites for hydroxylation is 1. The van der Waals surface area contributed by atoms with Gasteiger partial charge in [-0.1, -0.05) is 36.4 Å². The molecule has 154 valence electrons. The highest BCUT2D eigenvalue weighted by atomic mass is 15.2. The molecule has 1 fully saturated rings. The van der Waals surface area contributed by atoms with Crippen molar-refractivity contribution in [3.63, 3.8) is 0 Å². The van der Waals surface area contributed by atoms with Gasteiger partial charge in [-0.15, -0.1) is 0 Å². The van der Waals surface area contributed by atoms with Crippen LogP contribution in [-0.2, 0) is 0 Å². The van der Waals surface area contributed by atoms with Crippen LogP contribution in [0.3, 0.4) is 0 Å². The Balaban J connectivity index is 1.60. The summed E-state index contributed by atoms with van der Waals surface area (Å²) in [6.45, 7) is 11.3. The van der Waals surface area contributed by atoms with E-state index in [1.54, 1.807) is 0 Å². The van der Waals surface area contributed by atoms with Crippen LogP contribution < -0.4 is 0 Å². The van der Waals surface area contributed by atoms with Crippen LogP contribution in [0.2, 0.25) is 0 Å². The molecular formula is C26H30N4. The molecule has 1 saturated heterocycles. The molecule has 1 atom stereocenters. The lowest BCUT2D eigenvalue weighted by Gasteiger charge is -2.42. The zero-order chi connectivity index (χ0) is 20.9. The first-order chi connectivity index (χ1) is 14.4. The summed E-state index contributed by atoms with van der Waals surface area (Å²) in [5.41, 5.74) is 4.58. The average Bonchev–Trinajstić information content (AvgIpc) is 3.08. The molecule has 4 heteroatoms. The van der Waals surface area contributed by atoms with Gasteiger partial charge >= 0.3 is 0 Å². The number of likely N-dealkylation sites (tertiary alicyclic amines) is 1. The molecule has 3 heterocycles. The van der Waals surface area contributed by atoms with Crippen LogP contribution >= 0.6 is 0 Å². The summed E-state index contributed by atoms with van der Waals surface area (Å²) in [5.74, 6) is 1.06. The molecule has 0 N–H and O–H groups in total. The fraction of sp³-hybridized carbons (Fsp3) is 0.385. The van der Waals surface area contributed by atoms with Crippen molar-refractivity contribution in [3.8, 4) is 11.1 Å². The summed E-state index contributed by atoms with van der Waals surface area (Å²) >= 11 is 0. The lowest BCUT2D eigenvalue weighted by atomic mass is 9.98. The van der Waals surface area contributed by atoms with E-state index in [0.717, 1.165) is 29.1 Å². The number of aromatic nitrogens is 3. The average molecular weight is 399 g/mol. The summed E-state index contributed by atoms with van der Waals surface area (Å²) in [6.07, 6.45) is 4.33. The first-order valence-electron chi connectivity index (χ1n) is 11.0. The second kappa shape index (κ2) is 7.21. The Morgan fingerprint density at radius 1 is 1.00 bits per heavy atom. The molecule has 2 aromatic heterocycles. The number of benzene rings is 2. The summed E-state index contributed by atoms with van der Waals surface area (Å²) in [7, 11) is 0. The topological polar surface area (TPSA) is 34.0 Å². The largest absolute Gasteiger partial charge is 0.309 e. The van der Waals surface area contributed by atoms with Crippen LogP contribution in [0.1, 0.15) is 45.5 Å². The Hall–Kier alpha value is -2.72. The van der Waals surface area contributed by atoms with E-state index >= 15 is 0 Å².